The van der Waals surface area contributed by atoms with E-state index in [0.29, 0.717) is 24.4 Å². The third kappa shape index (κ3) is 4.35. The summed E-state index contributed by atoms with van der Waals surface area (Å²) in [5.41, 5.74) is 1.91. The van der Waals surface area contributed by atoms with Crippen LogP contribution in [0, 0.1) is 0 Å². The molecule has 2 aliphatic heterocycles. The summed E-state index contributed by atoms with van der Waals surface area (Å²) >= 11 is 0. The second kappa shape index (κ2) is 8.29. The summed E-state index contributed by atoms with van der Waals surface area (Å²) in [5, 5.41) is 6.29. The molecule has 0 saturated carbocycles. The van der Waals surface area contributed by atoms with Crippen molar-refractivity contribution >= 4 is 11.8 Å². The van der Waals surface area contributed by atoms with Crippen LogP contribution in [0.4, 0.5) is 0 Å². The minimum atomic E-state index is -0.0881. The predicted molar refractivity (Wildman–Crippen MR) is 94.1 cm³/mol. The number of rotatable bonds is 5. The van der Waals surface area contributed by atoms with Crippen LogP contribution in [0.25, 0.3) is 0 Å². The summed E-state index contributed by atoms with van der Waals surface area (Å²) in [5.74, 6) is 0.549. The lowest BCUT2D eigenvalue weighted by molar-refractivity contribution is -0.129. The minimum absolute atomic E-state index is 0.0881. The van der Waals surface area contributed by atoms with Crippen molar-refractivity contribution in [1.82, 2.24) is 15.5 Å². The van der Waals surface area contributed by atoms with Gasteiger partial charge in [-0.25, -0.2) is 0 Å². The first kappa shape index (κ1) is 17.0. The van der Waals surface area contributed by atoms with Crippen molar-refractivity contribution in [3.63, 3.8) is 0 Å². The van der Waals surface area contributed by atoms with Crippen LogP contribution in [0.5, 0.6) is 0 Å². The van der Waals surface area contributed by atoms with E-state index in [-0.39, 0.29) is 11.8 Å². The van der Waals surface area contributed by atoms with Crippen LogP contribution >= 0.6 is 0 Å². The lowest BCUT2D eigenvalue weighted by Gasteiger charge is -2.23. The maximum Gasteiger partial charge on any atom is 0.251 e. The van der Waals surface area contributed by atoms with Gasteiger partial charge in [0.2, 0.25) is 5.91 Å². The van der Waals surface area contributed by atoms with Gasteiger partial charge in [-0.05, 0) is 55.8 Å². The number of carbonyl (C=O) groups excluding carboxylic acids is 2. The van der Waals surface area contributed by atoms with Crippen LogP contribution in [0.2, 0.25) is 0 Å². The fourth-order valence-electron chi connectivity index (χ4n) is 3.58. The molecule has 0 spiro atoms. The molecule has 5 heteroatoms. The van der Waals surface area contributed by atoms with Crippen molar-refractivity contribution in [3.8, 4) is 0 Å². The molecule has 2 aliphatic rings. The molecule has 2 N–H and O–H groups in total. The van der Waals surface area contributed by atoms with Gasteiger partial charge in [0.25, 0.3) is 5.91 Å². The topological polar surface area (TPSA) is 61.4 Å². The molecule has 0 radical (unpaired) electrons. The van der Waals surface area contributed by atoms with E-state index in [0.717, 1.165) is 39.0 Å². The third-order valence-corrected chi connectivity index (χ3v) is 5.00. The Bertz CT molecular complexity index is 576. The van der Waals surface area contributed by atoms with Gasteiger partial charge in [-0.2, -0.15) is 0 Å². The Labute approximate surface area is 143 Å². The molecule has 0 bridgehead atoms. The summed E-state index contributed by atoms with van der Waals surface area (Å²) in [7, 11) is 0. The van der Waals surface area contributed by atoms with Gasteiger partial charge in [0, 0.05) is 38.2 Å². The Balaban J connectivity index is 1.50. The highest BCUT2D eigenvalue weighted by molar-refractivity contribution is 5.94. The molecule has 24 heavy (non-hydrogen) atoms. The maximum absolute atomic E-state index is 12.3. The number of piperidine rings is 1. The first-order valence-electron chi connectivity index (χ1n) is 9.11. The molecule has 2 fully saturated rings. The zero-order valence-corrected chi connectivity index (χ0v) is 14.2. The molecule has 1 atom stereocenters. The fraction of sp³-hybridized carbons (Fsp3) is 0.579. The van der Waals surface area contributed by atoms with Crippen LogP contribution in [-0.2, 0) is 4.79 Å². The molecule has 2 amide bonds. The van der Waals surface area contributed by atoms with Crippen LogP contribution in [0.1, 0.15) is 53.9 Å². The molecule has 3 rings (SSSR count). The first-order valence-corrected chi connectivity index (χ1v) is 9.11. The Kier molecular flexibility index (Phi) is 5.86. The summed E-state index contributed by atoms with van der Waals surface area (Å²) in [6, 6.07) is 7.90. The molecular formula is C19H27N3O2. The lowest BCUT2D eigenvalue weighted by Crippen LogP contribution is -2.32. The van der Waals surface area contributed by atoms with Crippen LogP contribution < -0.4 is 10.6 Å². The average Bonchev–Trinajstić information content (AvgIpc) is 3.17. The van der Waals surface area contributed by atoms with E-state index in [4.69, 9.17) is 0 Å². The number of nitrogens with one attached hydrogen (secondary N) is 2. The van der Waals surface area contributed by atoms with E-state index in [9.17, 15) is 9.59 Å². The van der Waals surface area contributed by atoms with Gasteiger partial charge in [-0.3, -0.25) is 9.59 Å². The number of nitrogens with zero attached hydrogens (tertiary/aromatic N) is 1. The Morgan fingerprint density at radius 3 is 2.79 bits per heavy atom. The second-order valence-electron chi connectivity index (χ2n) is 6.76. The van der Waals surface area contributed by atoms with Gasteiger partial charge >= 0.3 is 0 Å². The van der Waals surface area contributed by atoms with E-state index in [1.54, 1.807) is 0 Å². The number of carbonyl (C=O) groups is 2. The monoisotopic (exact) mass is 329 g/mol. The van der Waals surface area contributed by atoms with E-state index in [1.807, 2.05) is 23.1 Å². The number of hydrogen-bond donors (Lipinski definition) is 2. The zero-order valence-electron chi connectivity index (χ0n) is 14.2. The van der Waals surface area contributed by atoms with E-state index >= 15 is 0 Å². The largest absolute Gasteiger partial charge is 0.352 e. The van der Waals surface area contributed by atoms with Gasteiger partial charge in [-0.15, -0.1) is 0 Å². The van der Waals surface area contributed by atoms with Crippen LogP contribution in [0.15, 0.2) is 24.3 Å². The summed E-state index contributed by atoms with van der Waals surface area (Å²) in [6.45, 7) is 4.20. The number of likely N-dealkylation sites (tertiary alicyclic amines) is 1. The maximum atomic E-state index is 12.3. The highest BCUT2D eigenvalue weighted by Gasteiger charge is 2.18. The molecule has 1 aromatic carbocycles. The molecule has 0 aromatic heterocycles. The SMILES string of the molecule is O=C(NCCC(=O)N1CCCC1)c1cccc([C@H]2CCCNC2)c1. The van der Waals surface area contributed by atoms with E-state index in [1.165, 1.54) is 18.4 Å². The van der Waals surface area contributed by atoms with Crippen molar-refractivity contribution in [1.29, 1.82) is 0 Å². The average molecular weight is 329 g/mol. The van der Waals surface area contributed by atoms with Crippen LogP contribution in [0.3, 0.4) is 0 Å². The molecule has 0 aliphatic carbocycles. The molecule has 2 saturated heterocycles. The highest BCUT2D eigenvalue weighted by Crippen LogP contribution is 2.23. The Morgan fingerprint density at radius 2 is 2.04 bits per heavy atom. The van der Waals surface area contributed by atoms with Gasteiger partial charge in [0.15, 0.2) is 0 Å². The Hall–Kier alpha value is -1.88. The normalized spacial score (nSPS) is 20.8. The zero-order chi connectivity index (χ0) is 16.8. The van der Waals surface area contributed by atoms with Crippen molar-refractivity contribution in [2.24, 2.45) is 0 Å². The predicted octanol–water partition coefficient (Wildman–Crippen LogP) is 1.90. The fourth-order valence-corrected chi connectivity index (χ4v) is 3.58. The smallest absolute Gasteiger partial charge is 0.251 e. The van der Waals surface area contributed by atoms with Gasteiger partial charge < -0.3 is 15.5 Å². The van der Waals surface area contributed by atoms with Gasteiger partial charge in [-0.1, -0.05) is 12.1 Å². The second-order valence-corrected chi connectivity index (χ2v) is 6.76. The van der Waals surface area contributed by atoms with E-state index in [2.05, 4.69) is 16.7 Å². The molecule has 130 valence electrons. The van der Waals surface area contributed by atoms with Gasteiger partial charge in [0.05, 0.1) is 0 Å². The summed E-state index contributed by atoms with van der Waals surface area (Å²) < 4.78 is 0. The standard InChI is InChI=1S/C19H27N3O2/c23-18(22-11-1-2-12-22)8-10-21-19(24)16-6-3-5-15(13-16)17-7-4-9-20-14-17/h3,5-6,13,17,20H,1-2,4,7-12,14H2,(H,21,24)/t17-/m0/s1. The lowest BCUT2D eigenvalue weighted by atomic mass is 9.90. The van der Waals surface area contributed by atoms with Crippen LogP contribution in [-0.4, -0.2) is 49.4 Å². The van der Waals surface area contributed by atoms with Crippen molar-refractivity contribution < 1.29 is 9.59 Å². The summed E-state index contributed by atoms with van der Waals surface area (Å²) in [4.78, 5) is 26.2. The van der Waals surface area contributed by atoms with E-state index < -0.39 is 0 Å². The molecule has 5 nitrogen and oxygen atoms in total. The van der Waals surface area contributed by atoms with Gasteiger partial charge in [0.1, 0.15) is 0 Å². The molecule has 2 heterocycles. The molecule has 1 aromatic rings. The molecular weight excluding hydrogens is 302 g/mol. The Morgan fingerprint density at radius 1 is 1.21 bits per heavy atom. The number of amides is 2. The van der Waals surface area contributed by atoms with Crippen molar-refractivity contribution in [2.45, 2.75) is 38.0 Å². The quantitative estimate of drug-likeness (QED) is 0.867. The summed E-state index contributed by atoms with van der Waals surface area (Å²) in [6.07, 6.45) is 4.93. The molecule has 0 unspecified atom stereocenters. The highest BCUT2D eigenvalue weighted by atomic mass is 16.2. The van der Waals surface area contributed by atoms with Crippen molar-refractivity contribution in [2.75, 3.05) is 32.7 Å². The third-order valence-electron chi connectivity index (χ3n) is 5.00. The first-order chi connectivity index (χ1) is 11.7. The minimum Gasteiger partial charge on any atom is -0.352 e. The van der Waals surface area contributed by atoms with Crippen molar-refractivity contribution in [3.05, 3.63) is 35.4 Å². The number of hydrogen-bond acceptors (Lipinski definition) is 3. The number of benzene rings is 1.